The van der Waals surface area contributed by atoms with Crippen LogP contribution >= 0.6 is 11.6 Å². The average Bonchev–Trinajstić information content (AvgIpc) is 1.74. The Morgan fingerprint density at radius 1 is 0.598 bits per heavy atom. The van der Waals surface area contributed by atoms with Gasteiger partial charge in [0.25, 0.3) is 5.91 Å². The predicted molar refractivity (Wildman–Crippen MR) is 345 cm³/mol. The van der Waals surface area contributed by atoms with Gasteiger partial charge >= 0.3 is 24.5 Å². The van der Waals surface area contributed by atoms with Crippen LogP contribution in [-0.4, -0.2) is 116 Å². The van der Waals surface area contributed by atoms with Gasteiger partial charge in [-0.3, -0.25) is 19.0 Å². The van der Waals surface area contributed by atoms with Crippen molar-refractivity contribution in [2.24, 2.45) is 5.73 Å². The number of aryl methyl sites for hydroxylation is 2. The number of benzene rings is 5. The van der Waals surface area contributed by atoms with Crippen molar-refractivity contribution in [1.82, 2.24) is 20.3 Å². The van der Waals surface area contributed by atoms with Gasteiger partial charge in [-0.05, 0) is 168 Å². The number of nitrogens with zero attached hydrogens (tertiary/aromatic N) is 5. The number of carbonyl (C=O) groups is 3. The fourth-order valence-electron chi connectivity index (χ4n) is 10.8. The molecule has 5 aromatic carbocycles. The van der Waals surface area contributed by atoms with Crippen LogP contribution in [0.3, 0.4) is 0 Å². The molecule has 522 valence electrons. The number of halogens is 12. The summed E-state index contributed by atoms with van der Waals surface area (Å²) in [4.78, 5) is 49.7. The fraction of sp³-hybridized carbons (Fsp3) is 0.344. The number of ketones is 1. The lowest BCUT2D eigenvalue weighted by Crippen LogP contribution is -2.32. The largest absolute Gasteiger partial charge is 0.478 e. The molecule has 0 radical (unpaired) electrons. The van der Waals surface area contributed by atoms with Gasteiger partial charge in [0.05, 0.1) is 82.4 Å². The fourth-order valence-corrected chi connectivity index (χ4v) is 12.2. The minimum Gasteiger partial charge on any atom is -0.478 e. The number of anilines is 4. The van der Waals surface area contributed by atoms with Gasteiger partial charge in [-0.1, -0.05) is 11.6 Å². The Bertz CT molecular complexity index is 4550. The number of hydrogen-bond acceptors (Lipinski definition) is 15. The number of aliphatic hydroxyl groups is 2. The second-order valence-corrected chi connectivity index (χ2v) is 27.0. The first-order chi connectivity index (χ1) is 45.0. The minimum atomic E-state index is -4.68. The van der Waals surface area contributed by atoms with E-state index in [0.717, 1.165) is 49.3 Å². The molecule has 0 aliphatic carbocycles. The maximum atomic E-state index is 14.8. The van der Waals surface area contributed by atoms with E-state index >= 15 is 0 Å². The zero-order chi connectivity index (χ0) is 72.2. The summed E-state index contributed by atoms with van der Waals surface area (Å²) in [6, 6.07) is 18.1. The van der Waals surface area contributed by atoms with Crippen LogP contribution in [-0.2, 0) is 38.6 Å². The second kappa shape index (κ2) is 30.1. The van der Waals surface area contributed by atoms with Gasteiger partial charge in [-0.15, -0.1) is 0 Å². The van der Waals surface area contributed by atoms with Gasteiger partial charge in [-0.25, -0.2) is 45.4 Å². The van der Waals surface area contributed by atoms with Gasteiger partial charge in [0.2, 0.25) is 20.0 Å². The average molecular weight is 1430 g/mol. The van der Waals surface area contributed by atoms with Gasteiger partial charge in [0.1, 0.15) is 28.7 Å². The van der Waals surface area contributed by atoms with Crippen LogP contribution in [0.1, 0.15) is 129 Å². The summed E-state index contributed by atoms with van der Waals surface area (Å²) in [6.07, 6.45) is -9.15. The zero-order valence-electron chi connectivity index (χ0n) is 52.6. The number of carboxylic acids is 1. The number of nitrogens with two attached hydrogens (primary N) is 1. The molecule has 3 aromatic heterocycles. The first-order valence-electron chi connectivity index (χ1n) is 29.3. The molecule has 0 spiro atoms. The smallest absolute Gasteiger partial charge is 0.433 e. The number of Topliss-reactive ketones (excluding diaryl/α,β-unsaturated/α-hetero) is 1. The predicted octanol–water partition coefficient (Wildman–Crippen LogP) is 13.1. The lowest BCUT2D eigenvalue weighted by atomic mass is 10.0. The molecule has 2 aliphatic rings. The molecule has 97 heavy (non-hydrogen) atoms. The van der Waals surface area contributed by atoms with Crippen LogP contribution in [0.15, 0.2) is 97.1 Å². The SMILES string of the molecule is CC(=O)c1ccc2nc(C(F)(F)F)cc(Cl)c2c1.Cc1cc([C@@H](C)N)c(F)cc1NS(C)(=O)=O.Cc1cc([C@@H](C)NC(=O)c2ccc3nc(C(F)(F)F)cc(N4CCC[C@@H]4CO)c3c2)c(F)cc1NS(C)(=O)=O.O=C(O)c1ccc2nc(C(F)(F)F)cc(N3CCC[C@@H]3CO)c2c1. The highest BCUT2D eigenvalue weighted by Crippen LogP contribution is 2.41. The van der Waals surface area contributed by atoms with Crippen molar-refractivity contribution in [2.45, 2.75) is 103 Å². The number of rotatable bonds is 14. The summed E-state index contributed by atoms with van der Waals surface area (Å²) >= 11 is 5.79. The number of hydrogen-bond donors (Lipinski definition) is 7. The standard InChI is InChI=1S/C26H28F4N4O4S.C16H15F3N2O3.C12H7ClF3NO.C10H15FN2O2S/c1-14-9-18(20(27)11-22(14)33-39(3,37)38)15(2)31-25(36)16-6-7-21-19(10-16)23(12-24(32-21)26(28,29)30)34-8-4-5-17(34)13-35;17-16(18,19)14-7-13(21-5-1-2-10(21)8-22)11-6-9(15(23)24)3-4-12(11)20-14;1-6(18)7-2-3-10-8(4-7)9(13)5-11(17-10)12(14,15)16;1-6-4-8(7(2)12)9(11)5-10(6)13-16(3,14)15/h6-7,9-12,15,17,33,35H,4-5,8,13H2,1-3H3,(H,31,36);3-4,6-7,10,22H,1-2,5,8H2,(H,23,24);2-5H,1H3;4-5,7,13H,12H2,1-3H3/t15-,17-;10-;;7-/m11.1/s1. The second-order valence-electron chi connectivity index (χ2n) is 23.0. The number of pyridine rings is 3. The molecule has 0 unspecified atom stereocenters. The first-order valence-corrected chi connectivity index (χ1v) is 33.5. The van der Waals surface area contributed by atoms with Crippen LogP contribution in [0.4, 0.5) is 71.0 Å². The molecule has 5 heterocycles. The Labute approximate surface area is 554 Å². The van der Waals surface area contributed by atoms with Crippen molar-refractivity contribution in [3.05, 3.63) is 170 Å². The van der Waals surface area contributed by atoms with E-state index in [0.29, 0.717) is 70.8 Å². The number of sulfonamides is 2. The number of amides is 1. The van der Waals surface area contributed by atoms with Crippen molar-refractivity contribution in [1.29, 1.82) is 0 Å². The van der Waals surface area contributed by atoms with E-state index < -0.39 is 91.3 Å². The Kier molecular flexibility index (Phi) is 23.5. The number of nitrogens with one attached hydrogen (secondary N) is 3. The summed E-state index contributed by atoms with van der Waals surface area (Å²) in [6.45, 7) is 8.41. The number of aromatic nitrogens is 3. The van der Waals surface area contributed by atoms with Crippen molar-refractivity contribution < 1.29 is 94.8 Å². The van der Waals surface area contributed by atoms with Crippen LogP contribution < -0.4 is 30.3 Å². The van der Waals surface area contributed by atoms with E-state index in [4.69, 9.17) is 22.4 Å². The zero-order valence-corrected chi connectivity index (χ0v) is 55.0. The Morgan fingerprint density at radius 2 is 0.979 bits per heavy atom. The van der Waals surface area contributed by atoms with Crippen LogP contribution in [0.2, 0.25) is 5.02 Å². The molecule has 2 fully saturated rings. The molecule has 8 N–H and O–H groups in total. The summed E-state index contributed by atoms with van der Waals surface area (Å²) in [5, 5.41) is 32.0. The highest BCUT2D eigenvalue weighted by molar-refractivity contribution is 7.92. The third-order valence-electron chi connectivity index (χ3n) is 15.5. The van der Waals surface area contributed by atoms with Crippen molar-refractivity contribution in [3.8, 4) is 0 Å². The molecule has 19 nitrogen and oxygen atoms in total. The van der Waals surface area contributed by atoms with Gasteiger partial charge < -0.3 is 36.2 Å². The lowest BCUT2D eigenvalue weighted by Gasteiger charge is -2.27. The summed E-state index contributed by atoms with van der Waals surface area (Å²) in [5.74, 6) is -3.18. The normalized spacial score (nSPS) is 15.8. The number of aliphatic hydroxyl groups excluding tert-OH is 2. The molecule has 33 heteroatoms. The summed E-state index contributed by atoms with van der Waals surface area (Å²) in [7, 11) is -7.02. The molecular weight excluding hydrogens is 1360 g/mol. The molecule has 0 saturated carbocycles. The van der Waals surface area contributed by atoms with E-state index in [1.54, 1.807) is 43.6 Å². The van der Waals surface area contributed by atoms with E-state index in [-0.39, 0.29) is 92.1 Å². The number of carbonyl (C=O) groups excluding carboxylic acids is 2. The van der Waals surface area contributed by atoms with Gasteiger partial charge in [-0.2, -0.15) is 39.5 Å². The molecule has 0 bridgehead atoms. The van der Waals surface area contributed by atoms with Gasteiger partial charge in [0.15, 0.2) is 5.78 Å². The quantitative estimate of drug-likeness (QED) is 0.0393. The monoisotopic (exact) mass is 1430 g/mol. The number of carboxylic acid groups (broad SMARTS) is 1. The summed E-state index contributed by atoms with van der Waals surface area (Å²) in [5.41, 5.74) is 5.54. The topological polar surface area (TPSA) is 287 Å². The molecule has 8 aromatic rings. The first kappa shape index (κ1) is 75.8. The molecule has 1 amide bonds. The Hall–Kier alpha value is -8.56. The highest BCUT2D eigenvalue weighted by Gasteiger charge is 2.38. The molecule has 4 atom stereocenters. The third-order valence-corrected chi connectivity index (χ3v) is 17.0. The minimum absolute atomic E-state index is 0.0231. The van der Waals surface area contributed by atoms with Crippen LogP contribution in [0.5, 0.6) is 0 Å². The summed E-state index contributed by atoms with van der Waals surface area (Å²) < 4.78 is 196. The van der Waals surface area contributed by atoms with Crippen molar-refractivity contribution in [3.63, 3.8) is 0 Å². The van der Waals surface area contributed by atoms with E-state index in [1.807, 2.05) is 0 Å². The van der Waals surface area contributed by atoms with Crippen molar-refractivity contribution >= 4 is 105 Å². The Balaban J connectivity index is 0.000000195. The molecular formula is C64H65ClF11N9O10S2. The highest BCUT2D eigenvalue weighted by atomic mass is 35.5. The number of alkyl halides is 9. The maximum Gasteiger partial charge on any atom is 0.433 e. The lowest BCUT2D eigenvalue weighted by molar-refractivity contribution is -0.141. The van der Waals surface area contributed by atoms with Crippen LogP contribution in [0.25, 0.3) is 32.7 Å². The van der Waals surface area contributed by atoms with E-state index in [9.17, 15) is 89.7 Å². The Morgan fingerprint density at radius 3 is 1.38 bits per heavy atom. The van der Waals surface area contributed by atoms with E-state index in [2.05, 4.69) is 29.7 Å². The number of fused-ring (bicyclic) bond motifs is 3. The van der Waals surface area contributed by atoms with E-state index in [1.165, 1.54) is 67.6 Å². The molecule has 10 rings (SSSR count). The third kappa shape index (κ3) is 19.2. The maximum absolute atomic E-state index is 14.8. The van der Waals surface area contributed by atoms with Crippen LogP contribution in [0, 0.1) is 25.5 Å². The van der Waals surface area contributed by atoms with Gasteiger partial charge in [0, 0.05) is 68.9 Å². The molecule has 2 saturated heterocycles. The molecule has 2 aliphatic heterocycles. The number of aromatic carboxylic acids is 1. The van der Waals surface area contributed by atoms with Crippen molar-refractivity contribution in [2.75, 3.05) is 58.1 Å².